The molecule has 6 nitrogen and oxygen atoms in total. The van der Waals surface area contributed by atoms with Crippen molar-refractivity contribution in [3.63, 3.8) is 0 Å². The van der Waals surface area contributed by atoms with E-state index in [9.17, 15) is 9.59 Å². The standard InChI is InChI=1S/C15H25NO5/c1-7-19-12(17)9-8-11-10-20-15(5,6)16(11)13(18)21-14(2,3)4/h8-9,11H,7,10H2,1-6H3/t11-/m1/s1. The fourth-order valence-corrected chi connectivity index (χ4v) is 2.02. The Morgan fingerprint density at radius 2 is 2.00 bits per heavy atom. The summed E-state index contributed by atoms with van der Waals surface area (Å²) >= 11 is 0. The molecule has 6 heteroatoms. The maximum Gasteiger partial charge on any atom is 0.413 e. The predicted molar refractivity (Wildman–Crippen MR) is 77.7 cm³/mol. The van der Waals surface area contributed by atoms with Crippen LogP contribution >= 0.6 is 0 Å². The molecular weight excluding hydrogens is 274 g/mol. The average molecular weight is 299 g/mol. The van der Waals surface area contributed by atoms with E-state index in [2.05, 4.69) is 0 Å². The van der Waals surface area contributed by atoms with Crippen LogP contribution in [0.25, 0.3) is 0 Å². The second kappa shape index (κ2) is 6.47. The van der Waals surface area contributed by atoms with E-state index in [4.69, 9.17) is 14.2 Å². The van der Waals surface area contributed by atoms with Crippen LogP contribution in [0.4, 0.5) is 4.79 Å². The highest BCUT2D eigenvalue weighted by atomic mass is 16.6. The lowest BCUT2D eigenvalue weighted by molar-refractivity contribution is -0.137. The lowest BCUT2D eigenvalue weighted by Crippen LogP contribution is -2.49. The molecule has 0 aliphatic carbocycles. The summed E-state index contributed by atoms with van der Waals surface area (Å²) in [6, 6.07) is -0.362. The Bertz CT molecular complexity index is 422. The molecular formula is C15H25NO5. The van der Waals surface area contributed by atoms with Gasteiger partial charge in [-0.2, -0.15) is 0 Å². The SMILES string of the molecule is CCOC(=O)C=C[C@@H]1COC(C)(C)N1C(=O)OC(C)(C)C. The molecule has 1 heterocycles. The van der Waals surface area contributed by atoms with Gasteiger partial charge in [-0.1, -0.05) is 6.08 Å². The highest BCUT2D eigenvalue weighted by Crippen LogP contribution is 2.29. The molecule has 0 radical (unpaired) electrons. The molecule has 0 aromatic rings. The first-order valence-electron chi connectivity index (χ1n) is 7.08. The third-order valence-electron chi connectivity index (χ3n) is 2.85. The number of ether oxygens (including phenoxy) is 3. The molecule has 0 saturated carbocycles. The molecule has 1 amide bonds. The third kappa shape index (κ3) is 5.04. The minimum Gasteiger partial charge on any atom is -0.463 e. The number of carbonyl (C=O) groups is 2. The van der Waals surface area contributed by atoms with Crippen LogP contribution < -0.4 is 0 Å². The Morgan fingerprint density at radius 3 is 2.52 bits per heavy atom. The quantitative estimate of drug-likeness (QED) is 0.591. The molecule has 1 aliphatic heterocycles. The van der Waals surface area contributed by atoms with Crippen molar-refractivity contribution in [3.8, 4) is 0 Å². The molecule has 0 unspecified atom stereocenters. The maximum atomic E-state index is 12.3. The number of hydrogen-bond acceptors (Lipinski definition) is 5. The van der Waals surface area contributed by atoms with Crippen LogP contribution in [0.3, 0.4) is 0 Å². The number of carbonyl (C=O) groups excluding carboxylic acids is 2. The Labute approximate surface area is 126 Å². The normalized spacial score (nSPS) is 21.6. The van der Waals surface area contributed by atoms with Gasteiger partial charge in [-0.15, -0.1) is 0 Å². The summed E-state index contributed by atoms with van der Waals surface area (Å²) in [7, 11) is 0. The van der Waals surface area contributed by atoms with Crippen LogP contribution in [0.1, 0.15) is 41.5 Å². The molecule has 21 heavy (non-hydrogen) atoms. The van der Waals surface area contributed by atoms with E-state index in [0.29, 0.717) is 13.2 Å². The summed E-state index contributed by atoms with van der Waals surface area (Å²) in [5, 5.41) is 0. The Kier molecular flexibility index (Phi) is 5.39. The molecule has 0 N–H and O–H groups in total. The van der Waals surface area contributed by atoms with Gasteiger partial charge >= 0.3 is 12.1 Å². The Hall–Kier alpha value is -1.56. The minimum absolute atomic E-state index is 0.308. The van der Waals surface area contributed by atoms with Crippen LogP contribution in [0.15, 0.2) is 12.2 Å². The van der Waals surface area contributed by atoms with Crippen molar-refractivity contribution < 1.29 is 23.8 Å². The van der Waals surface area contributed by atoms with E-state index in [-0.39, 0.29) is 6.04 Å². The monoisotopic (exact) mass is 299 g/mol. The van der Waals surface area contributed by atoms with Crippen LogP contribution in [0.5, 0.6) is 0 Å². The minimum atomic E-state index is -0.786. The second-order valence-corrected chi connectivity index (χ2v) is 6.29. The van der Waals surface area contributed by atoms with E-state index in [1.54, 1.807) is 47.6 Å². The third-order valence-corrected chi connectivity index (χ3v) is 2.85. The average Bonchev–Trinajstić information content (AvgIpc) is 2.60. The number of rotatable bonds is 3. The zero-order valence-electron chi connectivity index (χ0n) is 13.6. The van der Waals surface area contributed by atoms with Crippen LogP contribution in [-0.2, 0) is 19.0 Å². The molecule has 0 aromatic heterocycles. The number of esters is 1. The van der Waals surface area contributed by atoms with E-state index in [1.165, 1.54) is 11.0 Å². The zero-order chi connectivity index (χ0) is 16.3. The van der Waals surface area contributed by atoms with Crippen molar-refractivity contribution in [2.75, 3.05) is 13.2 Å². The van der Waals surface area contributed by atoms with Crippen LogP contribution in [0, 0.1) is 0 Å². The molecule has 0 bridgehead atoms. The first-order chi connectivity index (χ1) is 9.57. The van der Waals surface area contributed by atoms with Crippen molar-refractivity contribution in [1.82, 2.24) is 4.90 Å². The van der Waals surface area contributed by atoms with Crippen molar-refractivity contribution in [3.05, 3.63) is 12.2 Å². The molecule has 1 atom stereocenters. The fourth-order valence-electron chi connectivity index (χ4n) is 2.02. The lowest BCUT2D eigenvalue weighted by Gasteiger charge is -2.34. The predicted octanol–water partition coefficient (Wildman–Crippen LogP) is 2.48. The molecule has 120 valence electrons. The van der Waals surface area contributed by atoms with Crippen molar-refractivity contribution >= 4 is 12.1 Å². The first-order valence-corrected chi connectivity index (χ1v) is 7.08. The van der Waals surface area contributed by atoms with Gasteiger partial charge in [0, 0.05) is 6.08 Å². The van der Waals surface area contributed by atoms with Gasteiger partial charge in [0.25, 0.3) is 0 Å². The number of nitrogens with zero attached hydrogens (tertiary/aromatic N) is 1. The summed E-state index contributed by atoms with van der Waals surface area (Å²) in [5.74, 6) is -0.439. The molecule has 0 spiro atoms. The van der Waals surface area contributed by atoms with Crippen molar-refractivity contribution in [2.45, 2.75) is 58.9 Å². The van der Waals surface area contributed by atoms with Crippen molar-refractivity contribution in [2.24, 2.45) is 0 Å². The maximum absolute atomic E-state index is 12.3. The molecule has 1 rings (SSSR count). The van der Waals surface area contributed by atoms with Gasteiger partial charge in [0.05, 0.1) is 19.3 Å². The van der Waals surface area contributed by atoms with Gasteiger partial charge in [0.15, 0.2) is 0 Å². The molecule has 1 saturated heterocycles. The zero-order valence-corrected chi connectivity index (χ0v) is 13.6. The highest BCUT2D eigenvalue weighted by molar-refractivity contribution is 5.82. The van der Waals surface area contributed by atoms with Gasteiger partial charge in [0.2, 0.25) is 0 Å². The highest BCUT2D eigenvalue weighted by Gasteiger charge is 2.44. The second-order valence-electron chi connectivity index (χ2n) is 6.29. The van der Waals surface area contributed by atoms with Gasteiger partial charge in [-0.3, -0.25) is 4.90 Å². The van der Waals surface area contributed by atoms with E-state index >= 15 is 0 Å². The van der Waals surface area contributed by atoms with E-state index < -0.39 is 23.4 Å². The molecule has 1 aliphatic rings. The van der Waals surface area contributed by atoms with Gasteiger partial charge in [-0.05, 0) is 41.5 Å². The van der Waals surface area contributed by atoms with E-state index in [0.717, 1.165) is 0 Å². The van der Waals surface area contributed by atoms with Crippen molar-refractivity contribution in [1.29, 1.82) is 0 Å². The topological polar surface area (TPSA) is 65.1 Å². The summed E-state index contributed by atoms with van der Waals surface area (Å²) < 4.78 is 15.8. The molecule has 1 fully saturated rings. The first kappa shape index (κ1) is 17.5. The van der Waals surface area contributed by atoms with E-state index in [1.807, 2.05) is 0 Å². The van der Waals surface area contributed by atoms with Crippen LogP contribution in [0.2, 0.25) is 0 Å². The summed E-state index contributed by atoms with van der Waals surface area (Å²) in [6.45, 7) is 11.3. The Balaban J connectivity index is 2.84. The summed E-state index contributed by atoms with van der Waals surface area (Å²) in [5.41, 5.74) is -1.38. The molecule has 0 aromatic carbocycles. The van der Waals surface area contributed by atoms with Crippen LogP contribution in [-0.4, -0.2) is 47.5 Å². The summed E-state index contributed by atoms with van der Waals surface area (Å²) in [4.78, 5) is 25.2. The lowest BCUT2D eigenvalue weighted by atomic mass is 10.2. The largest absolute Gasteiger partial charge is 0.463 e. The number of amides is 1. The smallest absolute Gasteiger partial charge is 0.413 e. The van der Waals surface area contributed by atoms with Gasteiger partial charge in [-0.25, -0.2) is 9.59 Å². The number of hydrogen-bond donors (Lipinski definition) is 0. The van der Waals surface area contributed by atoms with Gasteiger partial charge in [0.1, 0.15) is 11.3 Å². The Morgan fingerprint density at radius 1 is 1.38 bits per heavy atom. The fraction of sp³-hybridized carbons (Fsp3) is 0.733. The summed E-state index contributed by atoms with van der Waals surface area (Å²) in [6.07, 6.45) is 2.45. The van der Waals surface area contributed by atoms with Gasteiger partial charge < -0.3 is 14.2 Å².